The SMILES string of the molecule is Cn1cnnc1COc1c(F)cc(CO)cc1F. The van der Waals surface area contributed by atoms with Gasteiger partial charge in [0.2, 0.25) is 0 Å². The second kappa shape index (κ2) is 5.09. The molecule has 0 aliphatic rings. The van der Waals surface area contributed by atoms with Crippen molar-refractivity contribution >= 4 is 0 Å². The van der Waals surface area contributed by atoms with Gasteiger partial charge in [-0.05, 0) is 17.7 Å². The fourth-order valence-corrected chi connectivity index (χ4v) is 1.42. The summed E-state index contributed by atoms with van der Waals surface area (Å²) < 4.78 is 33.6. The summed E-state index contributed by atoms with van der Waals surface area (Å²) in [6, 6.07) is 2.05. The first-order valence-electron chi connectivity index (χ1n) is 5.16. The molecule has 2 rings (SSSR count). The van der Waals surface area contributed by atoms with E-state index in [1.54, 1.807) is 11.6 Å². The van der Waals surface area contributed by atoms with Crippen molar-refractivity contribution in [3.05, 3.63) is 41.5 Å². The molecular formula is C11H11F2N3O2. The molecule has 18 heavy (non-hydrogen) atoms. The maximum Gasteiger partial charge on any atom is 0.191 e. The first kappa shape index (κ1) is 12.4. The average molecular weight is 255 g/mol. The minimum absolute atomic E-state index is 0.0944. The molecule has 96 valence electrons. The average Bonchev–Trinajstić information content (AvgIpc) is 2.73. The van der Waals surface area contributed by atoms with Crippen molar-refractivity contribution in [3.8, 4) is 5.75 Å². The Morgan fingerprint density at radius 3 is 2.50 bits per heavy atom. The van der Waals surface area contributed by atoms with E-state index in [2.05, 4.69) is 10.2 Å². The van der Waals surface area contributed by atoms with Crippen molar-refractivity contribution in [3.63, 3.8) is 0 Å². The lowest BCUT2D eigenvalue weighted by Gasteiger charge is -2.09. The van der Waals surface area contributed by atoms with Gasteiger partial charge in [-0.25, -0.2) is 8.78 Å². The molecule has 7 heteroatoms. The van der Waals surface area contributed by atoms with Gasteiger partial charge < -0.3 is 14.4 Å². The third kappa shape index (κ3) is 2.45. The van der Waals surface area contributed by atoms with E-state index in [0.717, 1.165) is 12.1 Å². The van der Waals surface area contributed by atoms with Crippen molar-refractivity contribution in [1.29, 1.82) is 0 Å². The molecule has 0 spiro atoms. The summed E-state index contributed by atoms with van der Waals surface area (Å²) in [5.74, 6) is -1.77. The number of aliphatic hydroxyl groups is 1. The van der Waals surface area contributed by atoms with E-state index < -0.39 is 24.0 Å². The molecule has 0 saturated heterocycles. The summed E-state index contributed by atoms with van der Waals surface area (Å²) in [5, 5.41) is 16.1. The van der Waals surface area contributed by atoms with Gasteiger partial charge in [-0.1, -0.05) is 0 Å². The smallest absolute Gasteiger partial charge is 0.191 e. The molecule has 0 fully saturated rings. The molecule has 0 aliphatic heterocycles. The summed E-state index contributed by atoms with van der Waals surface area (Å²) in [6.45, 7) is -0.528. The maximum absolute atomic E-state index is 13.5. The summed E-state index contributed by atoms with van der Waals surface area (Å²) in [4.78, 5) is 0. The molecule has 0 atom stereocenters. The minimum atomic E-state index is -0.860. The van der Waals surface area contributed by atoms with E-state index in [-0.39, 0.29) is 12.2 Å². The molecule has 5 nitrogen and oxygen atoms in total. The van der Waals surface area contributed by atoms with Crippen molar-refractivity contribution in [1.82, 2.24) is 14.8 Å². The summed E-state index contributed by atoms with van der Waals surface area (Å²) in [6.07, 6.45) is 1.46. The lowest BCUT2D eigenvalue weighted by molar-refractivity contribution is 0.257. The number of aryl methyl sites for hydroxylation is 1. The number of halogens is 2. The second-order valence-electron chi connectivity index (χ2n) is 3.69. The molecular weight excluding hydrogens is 244 g/mol. The van der Waals surface area contributed by atoms with Gasteiger partial charge in [-0.3, -0.25) is 0 Å². The molecule has 1 aromatic heterocycles. The van der Waals surface area contributed by atoms with Crippen molar-refractivity contribution in [2.45, 2.75) is 13.2 Å². The third-order valence-electron chi connectivity index (χ3n) is 2.39. The minimum Gasteiger partial charge on any atom is -0.479 e. The molecule has 0 unspecified atom stereocenters. The molecule has 0 bridgehead atoms. The highest BCUT2D eigenvalue weighted by molar-refractivity contribution is 5.31. The van der Waals surface area contributed by atoms with Gasteiger partial charge in [0, 0.05) is 7.05 Å². The maximum atomic E-state index is 13.5. The van der Waals surface area contributed by atoms with Crippen LogP contribution in [-0.2, 0) is 20.3 Å². The monoisotopic (exact) mass is 255 g/mol. The van der Waals surface area contributed by atoms with E-state index in [9.17, 15) is 8.78 Å². The molecule has 0 amide bonds. The number of benzene rings is 1. The Kier molecular flexibility index (Phi) is 3.52. The molecule has 0 radical (unpaired) electrons. The predicted molar refractivity (Wildman–Crippen MR) is 57.6 cm³/mol. The topological polar surface area (TPSA) is 60.2 Å². The standard InChI is InChI=1S/C11H11F2N3O2/c1-16-6-14-15-10(16)5-18-11-8(12)2-7(4-17)3-9(11)13/h2-3,6,17H,4-5H2,1H3. The van der Waals surface area contributed by atoms with Gasteiger partial charge in [-0.2, -0.15) is 0 Å². The first-order chi connectivity index (χ1) is 8.61. The molecule has 0 aliphatic carbocycles. The third-order valence-corrected chi connectivity index (χ3v) is 2.39. The van der Waals surface area contributed by atoms with E-state index in [1.807, 2.05) is 0 Å². The number of aromatic nitrogens is 3. The molecule has 1 heterocycles. The quantitative estimate of drug-likeness (QED) is 0.890. The van der Waals surface area contributed by atoms with Gasteiger partial charge in [0.15, 0.2) is 23.2 Å². The van der Waals surface area contributed by atoms with Crippen LogP contribution in [0.2, 0.25) is 0 Å². The fourth-order valence-electron chi connectivity index (χ4n) is 1.42. The van der Waals surface area contributed by atoms with Gasteiger partial charge in [0.05, 0.1) is 6.61 Å². The molecule has 2 aromatic rings. The summed E-state index contributed by atoms with van der Waals surface area (Å²) >= 11 is 0. The zero-order valence-electron chi connectivity index (χ0n) is 9.60. The van der Waals surface area contributed by atoms with Crippen LogP contribution in [0.4, 0.5) is 8.78 Å². The number of hydrogen-bond acceptors (Lipinski definition) is 4. The highest BCUT2D eigenvalue weighted by Crippen LogP contribution is 2.24. The van der Waals surface area contributed by atoms with Crippen LogP contribution in [0.5, 0.6) is 5.75 Å². The highest BCUT2D eigenvalue weighted by atomic mass is 19.1. The van der Waals surface area contributed by atoms with Crippen molar-refractivity contribution < 1.29 is 18.6 Å². The number of hydrogen-bond donors (Lipinski definition) is 1. The Hall–Kier alpha value is -2.02. The number of aliphatic hydroxyl groups excluding tert-OH is 1. The van der Waals surface area contributed by atoms with E-state index in [0.29, 0.717) is 5.82 Å². The van der Waals surface area contributed by atoms with Gasteiger partial charge >= 0.3 is 0 Å². The zero-order valence-corrected chi connectivity index (χ0v) is 9.60. The van der Waals surface area contributed by atoms with Gasteiger partial charge in [0.1, 0.15) is 12.9 Å². The number of rotatable bonds is 4. The summed E-state index contributed by atoms with van der Waals surface area (Å²) in [5.41, 5.74) is 0.149. The largest absolute Gasteiger partial charge is 0.479 e. The summed E-state index contributed by atoms with van der Waals surface area (Å²) in [7, 11) is 1.69. The predicted octanol–water partition coefficient (Wildman–Crippen LogP) is 1.16. The van der Waals surface area contributed by atoms with Crippen LogP contribution in [0.25, 0.3) is 0 Å². The van der Waals surface area contributed by atoms with Crippen molar-refractivity contribution in [2.75, 3.05) is 0 Å². The Morgan fingerprint density at radius 1 is 1.33 bits per heavy atom. The normalized spacial score (nSPS) is 10.7. The number of nitrogens with zero attached hydrogens (tertiary/aromatic N) is 3. The Labute approximate surface area is 102 Å². The molecule has 1 aromatic carbocycles. The van der Waals surface area contributed by atoms with E-state index in [4.69, 9.17) is 9.84 Å². The van der Waals surface area contributed by atoms with Crippen LogP contribution in [0.1, 0.15) is 11.4 Å². The van der Waals surface area contributed by atoms with Crippen LogP contribution in [-0.4, -0.2) is 19.9 Å². The van der Waals surface area contributed by atoms with E-state index in [1.165, 1.54) is 6.33 Å². The Balaban J connectivity index is 2.17. The van der Waals surface area contributed by atoms with Crippen LogP contribution >= 0.6 is 0 Å². The highest BCUT2D eigenvalue weighted by Gasteiger charge is 2.13. The van der Waals surface area contributed by atoms with Gasteiger partial charge in [0.25, 0.3) is 0 Å². The van der Waals surface area contributed by atoms with Crippen LogP contribution in [0.15, 0.2) is 18.5 Å². The second-order valence-corrected chi connectivity index (χ2v) is 3.69. The Bertz CT molecular complexity index is 534. The number of ether oxygens (including phenoxy) is 1. The zero-order chi connectivity index (χ0) is 13.1. The lowest BCUT2D eigenvalue weighted by Crippen LogP contribution is -2.06. The fraction of sp³-hybridized carbons (Fsp3) is 0.273. The van der Waals surface area contributed by atoms with E-state index >= 15 is 0 Å². The molecule has 0 saturated carbocycles. The lowest BCUT2D eigenvalue weighted by atomic mass is 10.2. The van der Waals surface area contributed by atoms with Gasteiger partial charge in [-0.15, -0.1) is 10.2 Å². The van der Waals surface area contributed by atoms with Crippen LogP contribution in [0.3, 0.4) is 0 Å². The molecule has 1 N–H and O–H groups in total. The van der Waals surface area contributed by atoms with Crippen LogP contribution < -0.4 is 4.74 Å². The first-order valence-corrected chi connectivity index (χ1v) is 5.16. The van der Waals surface area contributed by atoms with Crippen molar-refractivity contribution in [2.24, 2.45) is 7.05 Å². The van der Waals surface area contributed by atoms with Crippen LogP contribution in [0, 0.1) is 11.6 Å². The Morgan fingerprint density at radius 2 is 2.00 bits per heavy atom.